The number of nitrogens with zero attached hydrogens (tertiary/aromatic N) is 4. The smallest absolute Gasteiger partial charge is 0.153 e. The Balaban J connectivity index is 1.96. The molecular formula is C20H23Cl2N5O. The standard InChI is InChI=1S/C20H23Cl2N5O/c1-12-18(14-4-3-5-15(21)17(14)22)26-16(10-28)19(25-12)27-8-6-20(11-23,7-9-27)13(2)24/h3-5,13,28H,6-10,24H2,1-2H3/t13-/m1/s1. The maximum Gasteiger partial charge on any atom is 0.153 e. The summed E-state index contributed by atoms with van der Waals surface area (Å²) in [5.41, 5.74) is 7.98. The molecule has 0 aliphatic carbocycles. The van der Waals surface area contributed by atoms with Gasteiger partial charge in [-0.05, 0) is 32.8 Å². The first-order valence-corrected chi connectivity index (χ1v) is 9.93. The molecule has 28 heavy (non-hydrogen) atoms. The molecule has 0 saturated carbocycles. The van der Waals surface area contributed by atoms with Gasteiger partial charge in [-0.2, -0.15) is 5.26 Å². The van der Waals surface area contributed by atoms with Crippen LogP contribution >= 0.6 is 23.2 Å². The maximum atomic E-state index is 9.91. The molecule has 148 valence electrons. The Hall–Kier alpha value is -1.91. The second-order valence-corrected chi connectivity index (χ2v) is 8.02. The van der Waals surface area contributed by atoms with Crippen molar-refractivity contribution in [2.24, 2.45) is 11.1 Å². The number of halogens is 2. The molecule has 1 saturated heterocycles. The Morgan fingerprint density at radius 2 is 2.00 bits per heavy atom. The summed E-state index contributed by atoms with van der Waals surface area (Å²) in [7, 11) is 0. The molecule has 3 rings (SSSR count). The van der Waals surface area contributed by atoms with E-state index in [9.17, 15) is 10.4 Å². The van der Waals surface area contributed by atoms with Crippen molar-refractivity contribution in [3.8, 4) is 17.3 Å². The maximum absolute atomic E-state index is 9.91. The first kappa shape index (κ1) is 20.8. The Labute approximate surface area is 174 Å². The normalized spacial score (nSPS) is 17.2. The number of aromatic nitrogens is 2. The summed E-state index contributed by atoms with van der Waals surface area (Å²) in [6.45, 7) is 4.75. The van der Waals surface area contributed by atoms with Gasteiger partial charge in [0.25, 0.3) is 0 Å². The van der Waals surface area contributed by atoms with Gasteiger partial charge in [0.05, 0.1) is 39.5 Å². The first-order chi connectivity index (χ1) is 13.3. The first-order valence-electron chi connectivity index (χ1n) is 9.17. The van der Waals surface area contributed by atoms with Gasteiger partial charge in [0, 0.05) is 24.7 Å². The monoisotopic (exact) mass is 419 g/mol. The molecule has 1 atom stereocenters. The molecule has 2 aromatic rings. The second-order valence-electron chi connectivity index (χ2n) is 7.23. The van der Waals surface area contributed by atoms with Gasteiger partial charge in [0.2, 0.25) is 0 Å². The molecule has 0 unspecified atom stereocenters. The fraction of sp³-hybridized carbons (Fsp3) is 0.450. The van der Waals surface area contributed by atoms with Crippen LogP contribution < -0.4 is 10.6 Å². The van der Waals surface area contributed by atoms with E-state index in [1.807, 2.05) is 19.9 Å². The summed E-state index contributed by atoms with van der Waals surface area (Å²) >= 11 is 12.5. The zero-order valence-corrected chi connectivity index (χ0v) is 17.4. The van der Waals surface area contributed by atoms with Gasteiger partial charge in [-0.15, -0.1) is 0 Å². The van der Waals surface area contributed by atoms with Crippen molar-refractivity contribution in [1.29, 1.82) is 5.26 Å². The van der Waals surface area contributed by atoms with E-state index in [1.54, 1.807) is 12.1 Å². The van der Waals surface area contributed by atoms with Crippen LogP contribution in [0.1, 0.15) is 31.2 Å². The second kappa shape index (κ2) is 8.22. The van der Waals surface area contributed by atoms with Crippen molar-refractivity contribution in [3.63, 3.8) is 0 Å². The molecular weight excluding hydrogens is 397 g/mol. The zero-order valence-electron chi connectivity index (χ0n) is 15.9. The summed E-state index contributed by atoms with van der Waals surface area (Å²) in [6, 6.07) is 7.56. The third-order valence-corrected chi connectivity index (χ3v) is 6.35. The fourth-order valence-electron chi connectivity index (χ4n) is 3.63. The number of aliphatic hydroxyl groups excluding tert-OH is 1. The number of aliphatic hydroxyl groups is 1. The fourth-order valence-corrected chi connectivity index (χ4v) is 4.02. The van der Waals surface area contributed by atoms with Crippen LogP contribution in [-0.4, -0.2) is 34.2 Å². The molecule has 3 N–H and O–H groups in total. The van der Waals surface area contributed by atoms with Crippen molar-refractivity contribution in [2.45, 2.75) is 39.3 Å². The summed E-state index contributed by atoms with van der Waals surface area (Å²) in [6.07, 6.45) is 1.29. The topological polar surface area (TPSA) is 99.1 Å². The van der Waals surface area contributed by atoms with E-state index in [1.165, 1.54) is 0 Å². The van der Waals surface area contributed by atoms with Crippen LogP contribution in [0.5, 0.6) is 0 Å². The molecule has 1 aliphatic rings. The van der Waals surface area contributed by atoms with Crippen molar-refractivity contribution in [1.82, 2.24) is 9.97 Å². The molecule has 8 heteroatoms. The highest BCUT2D eigenvalue weighted by Gasteiger charge is 2.39. The van der Waals surface area contributed by atoms with E-state index < -0.39 is 5.41 Å². The Morgan fingerprint density at radius 3 is 2.57 bits per heavy atom. The van der Waals surface area contributed by atoms with Crippen LogP contribution in [0.4, 0.5) is 5.82 Å². The summed E-state index contributed by atoms with van der Waals surface area (Å²) in [4.78, 5) is 11.4. The molecule has 0 radical (unpaired) electrons. The third-order valence-electron chi connectivity index (χ3n) is 5.53. The Kier molecular flexibility index (Phi) is 6.11. The van der Waals surface area contributed by atoms with Gasteiger partial charge < -0.3 is 15.7 Å². The molecule has 2 heterocycles. The van der Waals surface area contributed by atoms with Gasteiger partial charge in [-0.25, -0.2) is 9.97 Å². The van der Waals surface area contributed by atoms with Crippen LogP contribution in [-0.2, 0) is 6.61 Å². The molecule has 6 nitrogen and oxygen atoms in total. The molecule has 1 aromatic carbocycles. The minimum atomic E-state index is -0.521. The number of aryl methyl sites for hydroxylation is 1. The van der Waals surface area contributed by atoms with Gasteiger partial charge in [0.15, 0.2) is 5.82 Å². The molecule has 1 aromatic heterocycles. The number of hydrogen-bond donors (Lipinski definition) is 2. The number of piperidine rings is 1. The van der Waals surface area contributed by atoms with Crippen LogP contribution in [0.2, 0.25) is 10.0 Å². The van der Waals surface area contributed by atoms with E-state index >= 15 is 0 Å². The average Bonchev–Trinajstić information content (AvgIpc) is 2.70. The minimum Gasteiger partial charge on any atom is -0.390 e. The predicted octanol–water partition coefficient (Wildman–Crippen LogP) is 3.71. The Morgan fingerprint density at radius 1 is 1.32 bits per heavy atom. The van der Waals surface area contributed by atoms with Gasteiger partial charge in [0.1, 0.15) is 5.69 Å². The number of benzene rings is 1. The van der Waals surface area contributed by atoms with Crippen LogP contribution in [0.3, 0.4) is 0 Å². The summed E-state index contributed by atoms with van der Waals surface area (Å²) in [5.74, 6) is 0.637. The Bertz CT molecular complexity index is 918. The highest BCUT2D eigenvalue weighted by molar-refractivity contribution is 6.43. The lowest BCUT2D eigenvalue weighted by Gasteiger charge is -2.40. The lowest BCUT2D eigenvalue weighted by Crippen LogP contribution is -2.48. The van der Waals surface area contributed by atoms with Crippen molar-refractivity contribution in [2.75, 3.05) is 18.0 Å². The van der Waals surface area contributed by atoms with Gasteiger partial charge in [-0.3, -0.25) is 0 Å². The number of anilines is 1. The van der Waals surface area contributed by atoms with Crippen LogP contribution in [0.25, 0.3) is 11.3 Å². The lowest BCUT2D eigenvalue weighted by molar-refractivity contribution is 0.254. The third kappa shape index (κ3) is 3.68. The quantitative estimate of drug-likeness (QED) is 0.783. The highest BCUT2D eigenvalue weighted by atomic mass is 35.5. The van der Waals surface area contributed by atoms with E-state index in [0.717, 1.165) is 0 Å². The molecule has 1 aliphatic heterocycles. The number of hydrogen-bond acceptors (Lipinski definition) is 6. The molecule has 1 fully saturated rings. The SMILES string of the molecule is Cc1nc(N2CCC(C#N)([C@@H](C)N)CC2)c(CO)nc1-c1cccc(Cl)c1Cl. The number of nitrogens with two attached hydrogens (primary N) is 1. The van der Waals surface area contributed by atoms with E-state index in [2.05, 4.69) is 16.0 Å². The van der Waals surface area contributed by atoms with E-state index in [4.69, 9.17) is 33.9 Å². The van der Waals surface area contributed by atoms with Gasteiger partial charge >= 0.3 is 0 Å². The molecule has 0 amide bonds. The highest BCUT2D eigenvalue weighted by Crippen LogP contribution is 2.37. The molecule has 0 spiro atoms. The van der Waals surface area contributed by atoms with Crippen molar-refractivity contribution < 1.29 is 5.11 Å². The zero-order chi connectivity index (χ0) is 20.5. The summed E-state index contributed by atoms with van der Waals surface area (Å²) < 4.78 is 0. The van der Waals surface area contributed by atoms with Crippen molar-refractivity contribution in [3.05, 3.63) is 39.6 Å². The minimum absolute atomic E-state index is 0.197. The number of rotatable bonds is 4. The predicted molar refractivity (Wildman–Crippen MR) is 111 cm³/mol. The van der Waals surface area contributed by atoms with Crippen molar-refractivity contribution >= 4 is 29.0 Å². The average molecular weight is 420 g/mol. The summed E-state index contributed by atoms with van der Waals surface area (Å²) in [5, 5.41) is 20.3. The lowest BCUT2D eigenvalue weighted by atomic mass is 9.74. The van der Waals surface area contributed by atoms with Crippen LogP contribution in [0.15, 0.2) is 18.2 Å². The van der Waals surface area contributed by atoms with Gasteiger partial charge in [-0.1, -0.05) is 35.3 Å². The largest absolute Gasteiger partial charge is 0.390 e. The molecule has 0 bridgehead atoms. The van der Waals surface area contributed by atoms with E-state index in [-0.39, 0.29) is 12.6 Å². The number of nitriles is 1. The van der Waals surface area contributed by atoms with E-state index in [0.29, 0.717) is 64.4 Å². The van der Waals surface area contributed by atoms with Crippen LogP contribution in [0, 0.1) is 23.7 Å².